The van der Waals surface area contributed by atoms with E-state index in [1.165, 1.54) is 6.42 Å². The zero-order chi connectivity index (χ0) is 15.0. The van der Waals surface area contributed by atoms with Gasteiger partial charge < -0.3 is 15.7 Å². The molecule has 0 radical (unpaired) electrons. The van der Waals surface area contributed by atoms with Gasteiger partial charge in [-0.1, -0.05) is 26.2 Å². The maximum Gasteiger partial charge on any atom is 0.314 e. The number of aliphatic hydroxyl groups is 1. The summed E-state index contributed by atoms with van der Waals surface area (Å²) in [6, 6.07) is 0.316. The van der Waals surface area contributed by atoms with E-state index in [2.05, 4.69) is 36.3 Å². The summed E-state index contributed by atoms with van der Waals surface area (Å²) in [5.74, 6) is 0. The van der Waals surface area contributed by atoms with E-state index in [4.69, 9.17) is 0 Å². The van der Waals surface area contributed by atoms with Gasteiger partial charge >= 0.3 is 6.03 Å². The summed E-state index contributed by atoms with van der Waals surface area (Å²) >= 11 is 0. The van der Waals surface area contributed by atoms with E-state index in [1.54, 1.807) is 0 Å². The number of rotatable bonds is 7. The lowest BCUT2D eigenvalue weighted by Gasteiger charge is -2.32. The van der Waals surface area contributed by atoms with E-state index in [0.717, 1.165) is 38.8 Å². The molecule has 1 aliphatic carbocycles. The van der Waals surface area contributed by atoms with E-state index >= 15 is 0 Å². The monoisotopic (exact) mass is 285 g/mol. The molecule has 2 amide bonds. The van der Waals surface area contributed by atoms with Crippen molar-refractivity contribution in [1.82, 2.24) is 15.5 Å². The molecule has 0 bridgehead atoms. The number of carbonyl (C=O) groups is 1. The predicted molar refractivity (Wildman–Crippen MR) is 81.8 cm³/mol. The van der Waals surface area contributed by atoms with Crippen LogP contribution in [0.2, 0.25) is 0 Å². The highest BCUT2D eigenvalue weighted by Crippen LogP contribution is 2.27. The topological polar surface area (TPSA) is 64.6 Å². The van der Waals surface area contributed by atoms with Crippen molar-refractivity contribution in [3.63, 3.8) is 0 Å². The number of amides is 2. The summed E-state index contributed by atoms with van der Waals surface area (Å²) in [6.45, 7) is 9.27. The van der Waals surface area contributed by atoms with Gasteiger partial charge in [-0.15, -0.1) is 0 Å². The van der Waals surface area contributed by atoms with Crippen LogP contribution in [0.1, 0.15) is 52.9 Å². The van der Waals surface area contributed by atoms with Gasteiger partial charge in [-0.3, -0.25) is 4.90 Å². The Labute approximate surface area is 123 Å². The second kappa shape index (κ2) is 8.47. The summed E-state index contributed by atoms with van der Waals surface area (Å²) in [5.41, 5.74) is -0.691. The number of hydrogen-bond acceptors (Lipinski definition) is 3. The van der Waals surface area contributed by atoms with Crippen LogP contribution in [0.15, 0.2) is 0 Å². The average molecular weight is 285 g/mol. The maximum absolute atomic E-state index is 11.7. The molecule has 3 N–H and O–H groups in total. The molecule has 5 nitrogen and oxygen atoms in total. The van der Waals surface area contributed by atoms with Crippen LogP contribution >= 0.6 is 0 Å². The zero-order valence-electron chi connectivity index (χ0n) is 13.2. The fraction of sp³-hybridized carbons (Fsp3) is 0.933. The Hall–Kier alpha value is -0.810. The van der Waals surface area contributed by atoms with Gasteiger partial charge in [0, 0.05) is 25.7 Å². The quantitative estimate of drug-likeness (QED) is 0.667. The lowest BCUT2D eigenvalue weighted by Crippen LogP contribution is -2.48. The summed E-state index contributed by atoms with van der Waals surface area (Å²) in [6.07, 6.45) is 4.89. The Kier molecular flexibility index (Phi) is 7.30. The smallest absolute Gasteiger partial charge is 0.314 e. The first-order valence-corrected chi connectivity index (χ1v) is 7.95. The molecule has 118 valence electrons. The molecule has 1 rings (SSSR count). The molecule has 0 unspecified atom stereocenters. The van der Waals surface area contributed by atoms with Gasteiger partial charge in [-0.25, -0.2) is 4.79 Å². The number of hydrogen-bond donors (Lipinski definition) is 3. The molecule has 0 aromatic heterocycles. The zero-order valence-corrected chi connectivity index (χ0v) is 13.2. The first-order chi connectivity index (χ1) is 9.47. The fourth-order valence-electron chi connectivity index (χ4n) is 2.79. The first kappa shape index (κ1) is 17.2. The fourth-order valence-corrected chi connectivity index (χ4v) is 2.79. The molecule has 1 saturated carbocycles. The van der Waals surface area contributed by atoms with E-state index in [0.29, 0.717) is 19.1 Å². The van der Waals surface area contributed by atoms with Crippen LogP contribution in [0.25, 0.3) is 0 Å². The summed E-state index contributed by atoms with van der Waals surface area (Å²) in [4.78, 5) is 14.0. The molecule has 0 aliphatic heterocycles. The van der Waals surface area contributed by atoms with Gasteiger partial charge in [0.1, 0.15) is 0 Å². The van der Waals surface area contributed by atoms with Gasteiger partial charge in [0.2, 0.25) is 0 Å². The normalized spacial score (nSPS) is 18.3. The lowest BCUT2D eigenvalue weighted by molar-refractivity contribution is 0.00719. The van der Waals surface area contributed by atoms with E-state index < -0.39 is 5.60 Å². The molecular weight excluding hydrogens is 254 g/mol. The van der Waals surface area contributed by atoms with Crippen LogP contribution in [-0.2, 0) is 0 Å². The van der Waals surface area contributed by atoms with Crippen molar-refractivity contribution in [2.75, 3.05) is 26.2 Å². The SMILES string of the molecule is CCN(CCNC(=O)NCC1(O)CCCCC1)C(C)C. The van der Waals surface area contributed by atoms with Crippen LogP contribution in [-0.4, -0.2) is 53.9 Å². The van der Waals surface area contributed by atoms with Crippen LogP contribution in [0.3, 0.4) is 0 Å². The van der Waals surface area contributed by atoms with Crippen LogP contribution in [0, 0.1) is 0 Å². The Bertz CT molecular complexity index is 289. The predicted octanol–water partition coefficient (Wildman–Crippen LogP) is 1.71. The van der Waals surface area contributed by atoms with Gasteiger partial charge in [0.25, 0.3) is 0 Å². The second-order valence-electron chi connectivity index (χ2n) is 6.12. The molecule has 0 aromatic carbocycles. The van der Waals surface area contributed by atoms with Crippen molar-refractivity contribution in [1.29, 1.82) is 0 Å². The molecule has 0 aromatic rings. The highest BCUT2D eigenvalue weighted by Gasteiger charge is 2.29. The Morgan fingerprint density at radius 1 is 1.25 bits per heavy atom. The molecule has 1 aliphatic rings. The number of carbonyl (C=O) groups excluding carboxylic acids is 1. The summed E-state index contributed by atoms with van der Waals surface area (Å²) < 4.78 is 0. The van der Waals surface area contributed by atoms with Crippen molar-refractivity contribution >= 4 is 6.03 Å². The largest absolute Gasteiger partial charge is 0.388 e. The van der Waals surface area contributed by atoms with E-state index in [-0.39, 0.29) is 6.03 Å². The minimum absolute atomic E-state index is 0.177. The molecule has 0 heterocycles. The van der Waals surface area contributed by atoms with Gasteiger partial charge in [-0.05, 0) is 33.2 Å². The Morgan fingerprint density at radius 3 is 2.45 bits per heavy atom. The number of likely N-dealkylation sites (N-methyl/N-ethyl adjacent to an activating group) is 1. The average Bonchev–Trinajstić information content (AvgIpc) is 2.42. The molecule has 1 fully saturated rings. The minimum Gasteiger partial charge on any atom is -0.388 e. The van der Waals surface area contributed by atoms with Crippen LogP contribution < -0.4 is 10.6 Å². The number of nitrogens with zero attached hydrogens (tertiary/aromatic N) is 1. The van der Waals surface area contributed by atoms with Crippen molar-refractivity contribution in [3.8, 4) is 0 Å². The number of urea groups is 1. The van der Waals surface area contributed by atoms with E-state index in [9.17, 15) is 9.90 Å². The third kappa shape index (κ3) is 6.09. The maximum atomic E-state index is 11.7. The molecule has 0 spiro atoms. The molecule has 0 atom stereocenters. The van der Waals surface area contributed by atoms with Crippen molar-refractivity contribution in [2.45, 2.75) is 64.5 Å². The summed E-state index contributed by atoms with van der Waals surface area (Å²) in [5, 5.41) is 15.9. The molecular formula is C15H31N3O2. The van der Waals surface area contributed by atoms with Gasteiger partial charge in [0.15, 0.2) is 0 Å². The second-order valence-corrected chi connectivity index (χ2v) is 6.12. The van der Waals surface area contributed by atoms with Gasteiger partial charge in [0.05, 0.1) is 5.60 Å². The Balaban J connectivity index is 2.17. The number of nitrogens with one attached hydrogen (secondary N) is 2. The molecule has 5 heteroatoms. The van der Waals surface area contributed by atoms with Crippen LogP contribution in [0.4, 0.5) is 4.79 Å². The highest BCUT2D eigenvalue weighted by atomic mass is 16.3. The van der Waals surface area contributed by atoms with Crippen molar-refractivity contribution in [3.05, 3.63) is 0 Å². The minimum atomic E-state index is -0.691. The standard InChI is InChI=1S/C15H31N3O2/c1-4-18(13(2)3)11-10-16-14(19)17-12-15(20)8-6-5-7-9-15/h13,20H,4-12H2,1-3H3,(H2,16,17,19). The highest BCUT2D eigenvalue weighted by molar-refractivity contribution is 5.73. The molecule has 20 heavy (non-hydrogen) atoms. The third-order valence-electron chi connectivity index (χ3n) is 4.18. The van der Waals surface area contributed by atoms with Crippen molar-refractivity contribution < 1.29 is 9.90 Å². The first-order valence-electron chi connectivity index (χ1n) is 7.95. The Morgan fingerprint density at radius 2 is 1.90 bits per heavy atom. The molecule has 0 saturated heterocycles. The third-order valence-corrected chi connectivity index (χ3v) is 4.18. The lowest BCUT2D eigenvalue weighted by atomic mass is 9.85. The van der Waals surface area contributed by atoms with Crippen LogP contribution in [0.5, 0.6) is 0 Å². The van der Waals surface area contributed by atoms with Crippen molar-refractivity contribution in [2.24, 2.45) is 0 Å². The van der Waals surface area contributed by atoms with Gasteiger partial charge in [-0.2, -0.15) is 0 Å². The summed E-state index contributed by atoms with van der Waals surface area (Å²) in [7, 11) is 0. The van der Waals surface area contributed by atoms with E-state index in [1.807, 2.05) is 0 Å².